The largest absolute Gasteiger partial charge is 0.492 e. The molecule has 278 valence electrons. The van der Waals surface area contributed by atoms with E-state index in [0.29, 0.717) is 59.0 Å². The fourth-order valence-electron chi connectivity index (χ4n) is 4.92. The van der Waals surface area contributed by atoms with Crippen LogP contribution in [0, 0.1) is 11.3 Å². The molecule has 4 aromatic rings. The number of amides is 1. The van der Waals surface area contributed by atoms with E-state index in [9.17, 15) is 19.6 Å². The molecule has 0 fully saturated rings. The van der Waals surface area contributed by atoms with Crippen LogP contribution in [0.2, 0.25) is 0 Å². The Hall–Kier alpha value is -6.96. The molecule has 3 heterocycles. The zero-order chi connectivity index (χ0) is 39.1. The Kier molecular flexibility index (Phi) is 14.0. The number of ether oxygens (including phenoxy) is 1. The number of carboxylic acid groups (broad SMARTS) is 2. The van der Waals surface area contributed by atoms with Gasteiger partial charge in [-0.25, -0.2) is 24.0 Å². The maximum absolute atomic E-state index is 16.4. The summed E-state index contributed by atoms with van der Waals surface area (Å²) in [4.78, 5) is 53.3. The van der Waals surface area contributed by atoms with Crippen LogP contribution in [0.1, 0.15) is 23.7 Å². The van der Waals surface area contributed by atoms with Crippen molar-refractivity contribution < 1.29 is 38.6 Å². The lowest BCUT2D eigenvalue weighted by molar-refractivity contribution is -0.134. The number of carbonyl (C=O) groups excluding carboxylic acids is 1. The van der Waals surface area contributed by atoms with E-state index < -0.39 is 17.7 Å². The summed E-state index contributed by atoms with van der Waals surface area (Å²) in [5.74, 6) is -4.72. The van der Waals surface area contributed by atoms with Gasteiger partial charge in [-0.05, 0) is 51.4 Å². The number of hydrogen-bond donors (Lipinski definition) is 4. The van der Waals surface area contributed by atoms with Crippen molar-refractivity contribution >= 4 is 52.1 Å². The molecule has 54 heavy (non-hydrogen) atoms. The number of nitriles is 1. The SMILES string of the molecule is CCOc1cc2ncc(C#N)c(N(OCc3ccccn3)c3ccccc3C3(F)C=CNC=N3)c2cc1NC(=O)/C=C/CN(C)C.O=C(O)/C=C\C(=O)O. The monoisotopic (exact) mass is 736 g/mol. The topological polar surface area (TPSA) is 203 Å². The van der Waals surface area contributed by atoms with Crippen molar-refractivity contribution in [1.82, 2.24) is 20.2 Å². The number of aliphatic imine (C=N–C) groups is 1. The molecule has 0 radical (unpaired) electrons. The summed E-state index contributed by atoms with van der Waals surface area (Å²) >= 11 is 0. The zero-order valence-corrected chi connectivity index (χ0v) is 29.5. The summed E-state index contributed by atoms with van der Waals surface area (Å²) in [7, 11) is 3.80. The van der Waals surface area contributed by atoms with Crippen LogP contribution < -0.4 is 20.4 Å². The van der Waals surface area contributed by atoms with E-state index in [2.05, 4.69) is 31.7 Å². The van der Waals surface area contributed by atoms with E-state index in [1.165, 1.54) is 36.0 Å². The maximum atomic E-state index is 16.4. The first-order valence-corrected chi connectivity index (χ1v) is 16.3. The Morgan fingerprint density at radius 2 is 1.80 bits per heavy atom. The molecule has 0 saturated carbocycles. The van der Waals surface area contributed by atoms with Gasteiger partial charge in [-0.1, -0.05) is 30.3 Å². The van der Waals surface area contributed by atoms with Crippen LogP contribution in [0.15, 0.2) is 109 Å². The van der Waals surface area contributed by atoms with Gasteiger partial charge in [-0.3, -0.25) is 19.6 Å². The number of fused-ring (bicyclic) bond motifs is 1. The first-order chi connectivity index (χ1) is 25.9. The van der Waals surface area contributed by atoms with Crippen LogP contribution in [0.4, 0.5) is 21.5 Å². The molecule has 1 unspecified atom stereocenters. The van der Waals surface area contributed by atoms with Crippen molar-refractivity contribution in [2.45, 2.75) is 19.3 Å². The second kappa shape index (κ2) is 19.0. The molecule has 2 aromatic carbocycles. The number of anilines is 3. The van der Waals surface area contributed by atoms with Crippen molar-refractivity contribution in [3.63, 3.8) is 0 Å². The predicted octanol–water partition coefficient (Wildman–Crippen LogP) is 5.21. The molecule has 1 amide bonds. The minimum absolute atomic E-state index is 0.0128. The Labute approximate surface area is 309 Å². The number of pyridine rings is 2. The van der Waals surface area contributed by atoms with Gasteiger partial charge in [0.1, 0.15) is 18.4 Å². The molecule has 15 nitrogen and oxygen atoms in total. The Bertz CT molecular complexity index is 2100. The Morgan fingerprint density at radius 3 is 2.43 bits per heavy atom. The number of nitrogens with zero attached hydrogens (tertiary/aromatic N) is 6. The van der Waals surface area contributed by atoms with Crippen LogP contribution in [-0.4, -0.2) is 76.5 Å². The summed E-state index contributed by atoms with van der Waals surface area (Å²) in [6, 6.07) is 17.7. The molecule has 1 atom stereocenters. The second-order valence-electron chi connectivity index (χ2n) is 11.4. The molecule has 1 aliphatic rings. The van der Waals surface area contributed by atoms with Gasteiger partial charge in [0.25, 0.3) is 0 Å². The first kappa shape index (κ1) is 39.8. The molecule has 16 heteroatoms. The minimum atomic E-state index is -2.23. The number of rotatable bonds is 14. The number of aromatic nitrogens is 2. The summed E-state index contributed by atoms with van der Waals surface area (Å²) in [5.41, 5.74) is 2.31. The number of nitrogens with one attached hydrogen (secondary N) is 2. The van der Waals surface area contributed by atoms with Gasteiger partial charge in [-0.15, -0.1) is 0 Å². The lowest BCUT2D eigenvalue weighted by Gasteiger charge is -2.31. The molecule has 5 rings (SSSR count). The molecule has 0 saturated heterocycles. The zero-order valence-electron chi connectivity index (χ0n) is 29.5. The van der Waals surface area contributed by atoms with E-state index in [4.69, 9.17) is 19.8 Å². The number of alkyl halides is 1. The average molecular weight is 737 g/mol. The van der Waals surface area contributed by atoms with Gasteiger partial charge in [0.05, 0.1) is 46.8 Å². The summed E-state index contributed by atoms with van der Waals surface area (Å²) < 4.78 is 22.3. The number of halogens is 1. The first-order valence-electron chi connectivity index (χ1n) is 16.3. The van der Waals surface area contributed by atoms with Crippen LogP contribution in [0.5, 0.6) is 5.75 Å². The molecular formula is C38H37FN8O7. The summed E-state index contributed by atoms with van der Waals surface area (Å²) in [6.45, 7) is 2.73. The van der Waals surface area contributed by atoms with E-state index in [1.807, 2.05) is 32.0 Å². The third-order valence-corrected chi connectivity index (χ3v) is 7.23. The van der Waals surface area contributed by atoms with E-state index in [0.717, 1.165) is 0 Å². The molecule has 0 aliphatic carbocycles. The van der Waals surface area contributed by atoms with E-state index in [1.54, 1.807) is 60.8 Å². The van der Waals surface area contributed by atoms with E-state index in [-0.39, 0.29) is 29.3 Å². The number of likely N-dealkylation sites (N-methyl/N-ethyl adjacent to an activating group) is 1. The highest BCUT2D eigenvalue weighted by atomic mass is 19.1. The normalized spacial score (nSPS) is 14.7. The standard InChI is InChI=1S/C34H33FN8O3.C4H4O4/c1-4-45-31-19-28-26(18-29(31)41-32(44)13-9-17-42(2)3)33(24(20-36)21-39-28)43(46-22-25-10-7-8-15-38-25)30-12-6-5-11-27(30)34(35)14-16-37-23-40-34;5-3(6)1-2-4(7)8/h5-16,18-19,21,23H,4,17,22H2,1-3H3,(H,37,40)(H,41,44);1-2H,(H,5,6)(H,7,8)/b13-9+;2-1-. The second-order valence-corrected chi connectivity index (χ2v) is 11.4. The fraction of sp³-hybridized carbons (Fsp3) is 0.184. The fourth-order valence-corrected chi connectivity index (χ4v) is 4.92. The van der Waals surface area contributed by atoms with Crippen molar-refractivity contribution in [1.29, 1.82) is 5.26 Å². The molecule has 0 bridgehead atoms. The van der Waals surface area contributed by atoms with Gasteiger partial charge in [-0.2, -0.15) is 5.26 Å². The molecule has 1 aliphatic heterocycles. The lowest BCUT2D eigenvalue weighted by atomic mass is 10.0. The smallest absolute Gasteiger partial charge is 0.328 e. The number of benzene rings is 2. The van der Waals surface area contributed by atoms with Crippen LogP contribution in [0.3, 0.4) is 0 Å². The van der Waals surface area contributed by atoms with Crippen LogP contribution >= 0.6 is 0 Å². The lowest BCUT2D eigenvalue weighted by Crippen LogP contribution is -2.27. The van der Waals surface area contributed by atoms with Crippen molar-refractivity contribution in [3.8, 4) is 11.8 Å². The van der Waals surface area contributed by atoms with Crippen molar-refractivity contribution in [2.24, 2.45) is 4.99 Å². The molecule has 2 aromatic heterocycles. The third kappa shape index (κ3) is 10.8. The Balaban J connectivity index is 0.000000730. The predicted molar refractivity (Wildman–Crippen MR) is 200 cm³/mol. The molecular weight excluding hydrogens is 699 g/mol. The number of aliphatic carboxylic acids is 2. The van der Waals surface area contributed by atoms with E-state index >= 15 is 4.39 Å². The highest BCUT2D eigenvalue weighted by Crippen LogP contribution is 2.44. The summed E-state index contributed by atoms with van der Waals surface area (Å²) in [6.07, 6.45) is 11.4. The number of carboxylic acids is 2. The van der Waals surface area contributed by atoms with Crippen molar-refractivity contribution in [2.75, 3.05) is 37.6 Å². The van der Waals surface area contributed by atoms with Gasteiger partial charge in [0, 0.05) is 60.4 Å². The maximum Gasteiger partial charge on any atom is 0.328 e. The van der Waals surface area contributed by atoms with Crippen LogP contribution in [-0.2, 0) is 31.6 Å². The highest BCUT2D eigenvalue weighted by molar-refractivity contribution is 6.05. The minimum Gasteiger partial charge on any atom is -0.492 e. The number of hydrogen-bond acceptors (Lipinski definition) is 12. The molecule has 0 spiro atoms. The number of para-hydroxylation sites is 1. The van der Waals surface area contributed by atoms with Gasteiger partial charge in [0.15, 0.2) is 0 Å². The van der Waals surface area contributed by atoms with Gasteiger partial charge in [0.2, 0.25) is 11.7 Å². The summed E-state index contributed by atoms with van der Waals surface area (Å²) in [5, 5.41) is 33.4. The highest BCUT2D eigenvalue weighted by Gasteiger charge is 2.35. The Morgan fingerprint density at radius 1 is 1.06 bits per heavy atom. The molecule has 4 N–H and O–H groups in total. The number of carbonyl (C=O) groups is 3. The van der Waals surface area contributed by atoms with Crippen LogP contribution in [0.25, 0.3) is 10.9 Å². The third-order valence-electron chi connectivity index (χ3n) is 7.23. The van der Waals surface area contributed by atoms with Gasteiger partial charge < -0.3 is 30.5 Å². The average Bonchev–Trinajstić information content (AvgIpc) is 3.15. The van der Waals surface area contributed by atoms with Crippen molar-refractivity contribution in [3.05, 3.63) is 120 Å². The van der Waals surface area contributed by atoms with Gasteiger partial charge >= 0.3 is 11.9 Å². The quantitative estimate of drug-likeness (QED) is 0.0748.